The standard InChI is InChI=1S/C14H12N4O2S/c1-9-15-13(20-18-9)12-11(7-8-21-12)17-14(19)16-10-5-3-2-4-6-10/h2-8H,1H3,(H2,16,17,19). The van der Waals surface area contributed by atoms with Crippen molar-refractivity contribution < 1.29 is 9.32 Å². The molecule has 0 bridgehead atoms. The first kappa shape index (κ1) is 13.3. The average molecular weight is 300 g/mol. The first-order valence-corrected chi connectivity index (χ1v) is 7.11. The molecule has 21 heavy (non-hydrogen) atoms. The zero-order valence-corrected chi connectivity index (χ0v) is 12.0. The fourth-order valence-corrected chi connectivity index (χ4v) is 2.54. The molecule has 0 aliphatic rings. The second kappa shape index (κ2) is 5.76. The summed E-state index contributed by atoms with van der Waals surface area (Å²) in [6.45, 7) is 1.75. The topological polar surface area (TPSA) is 80.0 Å². The molecule has 0 radical (unpaired) electrons. The predicted molar refractivity (Wildman–Crippen MR) is 81.4 cm³/mol. The lowest BCUT2D eigenvalue weighted by atomic mass is 10.3. The minimum Gasteiger partial charge on any atom is -0.333 e. The molecule has 0 fully saturated rings. The van der Waals surface area contributed by atoms with Gasteiger partial charge < -0.3 is 15.2 Å². The van der Waals surface area contributed by atoms with Gasteiger partial charge in [-0.3, -0.25) is 0 Å². The highest BCUT2D eigenvalue weighted by molar-refractivity contribution is 7.14. The minimum atomic E-state index is -0.322. The predicted octanol–water partition coefficient (Wildman–Crippen LogP) is 3.75. The van der Waals surface area contributed by atoms with Gasteiger partial charge in [-0.1, -0.05) is 23.4 Å². The van der Waals surface area contributed by atoms with E-state index < -0.39 is 0 Å². The monoisotopic (exact) mass is 300 g/mol. The van der Waals surface area contributed by atoms with E-state index in [0.29, 0.717) is 17.4 Å². The highest BCUT2D eigenvalue weighted by Crippen LogP contribution is 2.32. The number of hydrogen-bond acceptors (Lipinski definition) is 5. The lowest BCUT2D eigenvalue weighted by Gasteiger charge is -2.06. The Kier molecular flexibility index (Phi) is 3.65. The Hall–Kier alpha value is -2.67. The number of anilines is 2. The van der Waals surface area contributed by atoms with E-state index in [2.05, 4.69) is 20.8 Å². The van der Waals surface area contributed by atoms with E-state index >= 15 is 0 Å². The molecule has 3 aromatic rings. The molecule has 0 atom stereocenters. The van der Waals surface area contributed by atoms with Crippen LogP contribution in [-0.4, -0.2) is 16.2 Å². The lowest BCUT2D eigenvalue weighted by molar-refractivity contribution is 0.262. The van der Waals surface area contributed by atoms with E-state index in [0.717, 1.165) is 10.6 Å². The van der Waals surface area contributed by atoms with Crippen LogP contribution in [0.15, 0.2) is 46.3 Å². The van der Waals surface area contributed by atoms with Crippen LogP contribution < -0.4 is 10.6 Å². The van der Waals surface area contributed by atoms with Crippen molar-refractivity contribution >= 4 is 28.7 Å². The summed E-state index contributed by atoms with van der Waals surface area (Å²) in [4.78, 5) is 16.9. The van der Waals surface area contributed by atoms with Crippen molar-refractivity contribution in [3.63, 3.8) is 0 Å². The lowest BCUT2D eigenvalue weighted by Crippen LogP contribution is -2.19. The number of urea groups is 1. The van der Waals surface area contributed by atoms with Crippen LogP contribution in [-0.2, 0) is 0 Å². The van der Waals surface area contributed by atoms with Crippen molar-refractivity contribution in [2.24, 2.45) is 0 Å². The molecule has 0 saturated heterocycles. The Morgan fingerprint density at radius 1 is 1.19 bits per heavy atom. The molecular weight excluding hydrogens is 288 g/mol. The molecule has 0 aliphatic heterocycles. The zero-order chi connectivity index (χ0) is 14.7. The van der Waals surface area contributed by atoms with Crippen LogP contribution in [0, 0.1) is 6.92 Å². The number of aromatic nitrogens is 2. The molecule has 0 spiro atoms. The maximum Gasteiger partial charge on any atom is 0.323 e. The number of rotatable bonds is 3. The van der Waals surface area contributed by atoms with Crippen molar-refractivity contribution in [1.82, 2.24) is 10.1 Å². The number of para-hydroxylation sites is 1. The average Bonchev–Trinajstić information content (AvgIpc) is 3.08. The fraction of sp³-hybridized carbons (Fsp3) is 0.0714. The smallest absolute Gasteiger partial charge is 0.323 e. The summed E-state index contributed by atoms with van der Waals surface area (Å²) in [6, 6.07) is 10.7. The molecular formula is C14H12N4O2S. The van der Waals surface area contributed by atoms with E-state index in [-0.39, 0.29) is 6.03 Å². The SMILES string of the molecule is Cc1noc(-c2sccc2NC(=O)Nc2ccccc2)n1. The molecule has 0 unspecified atom stereocenters. The number of benzene rings is 1. The molecule has 6 nitrogen and oxygen atoms in total. The fourth-order valence-electron chi connectivity index (χ4n) is 1.77. The Balaban J connectivity index is 1.74. The second-order valence-electron chi connectivity index (χ2n) is 4.26. The maximum atomic E-state index is 12.0. The van der Waals surface area contributed by atoms with Gasteiger partial charge in [-0.05, 0) is 30.5 Å². The van der Waals surface area contributed by atoms with Gasteiger partial charge in [0.25, 0.3) is 5.89 Å². The molecule has 2 aromatic heterocycles. The summed E-state index contributed by atoms with van der Waals surface area (Å²) >= 11 is 1.43. The van der Waals surface area contributed by atoms with Gasteiger partial charge in [-0.15, -0.1) is 11.3 Å². The van der Waals surface area contributed by atoms with Gasteiger partial charge in [0, 0.05) is 5.69 Å². The highest BCUT2D eigenvalue weighted by atomic mass is 32.1. The number of thiophene rings is 1. The number of aryl methyl sites for hydroxylation is 1. The minimum absolute atomic E-state index is 0.322. The van der Waals surface area contributed by atoms with Crippen molar-refractivity contribution in [3.8, 4) is 10.8 Å². The molecule has 1 aromatic carbocycles. The first-order chi connectivity index (χ1) is 10.2. The Morgan fingerprint density at radius 3 is 2.71 bits per heavy atom. The highest BCUT2D eigenvalue weighted by Gasteiger charge is 2.15. The molecule has 0 aliphatic carbocycles. The number of carbonyl (C=O) groups is 1. The molecule has 2 heterocycles. The van der Waals surface area contributed by atoms with E-state index in [1.54, 1.807) is 13.0 Å². The van der Waals surface area contributed by atoms with Crippen LogP contribution in [0.2, 0.25) is 0 Å². The van der Waals surface area contributed by atoms with Gasteiger partial charge in [-0.2, -0.15) is 4.98 Å². The van der Waals surface area contributed by atoms with Crippen molar-refractivity contribution in [1.29, 1.82) is 0 Å². The Morgan fingerprint density at radius 2 is 2.00 bits per heavy atom. The van der Waals surface area contributed by atoms with Crippen LogP contribution in [0.4, 0.5) is 16.2 Å². The number of nitrogens with one attached hydrogen (secondary N) is 2. The van der Waals surface area contributed by atoms with Crippen LogP contribution in [0.25, 0.3) is 10.8 Å². The molecule has 3 rings (SSSR count). The summed E-state index contributed by atoms with van der Waals surface area (Å²) < 4.78 is 5.13. The maximum absolute atomic E-state index is 12.0. The second-order valence-corrected chi connectivity index (χ2v) is 5.17. The van der Waals surface area contributed by atoms with Crippen LogP contribution in [0.1, 0.15) is 5.82 Å². The zero-order valence-electron chi connectivity index (χ0n) is 11.2. The number of nitrogens with zero attached hydrogens (tertiary/aromatic N) is 2. The van der Waals surface area contributed by atoms with Crippen LogP contribution in [0.3, 0.4) is 0 Å². The number of amides is 2. The quantitative estimate of drug-likeness (QED) is 0.772. The van der Waals surface area contributed by atoms with E-state index in [1.165, 1.54) is 11.3 Å². The third-order valence-corrected chi connectivity index (χ3v) is 3.57. The number of carbonyl (C=O) groups excluding carboxylic acids is 1. The van der Waals surface area contributed by atoms with E-state index in [4.69, 9.17) is 4.52 Å². The third-order valence-electron chi connectivity index (χ3n) is 2.67. The summed E-state index contributed by atoms with van der Waals surface area (Å²) in [5, 5.41) is 11.1. The molecule has 7 heteroatoms. The van der Waals surface area contributed by atoms with Crippen molar-refractivity contribution in [2.45, 2.75) is 6.92 Å². The van der Waals surface area contributed by atoms with Gasteiger partial charge >= 0.3 is 6.03 Å². The molecule has 106 valence electrons. The number of hydrogen-bond donors (Lipinski definition) is 2. The molecule has 0 saturated carbocycles. The summed E-state index contributed by atoms with van der Waals surface area (Å²) in [7, 11) is 0. The van der Waals surface area contributed by atoms with Gasteiger partial charge in [0.1, 0.15) is 4.88 Å². The van der Waals surface area contributed by atoms with Gasteiger partial charge in [0.2, 0.25) is 0 Å². The van der Waals surface area contributed by atoms with Crippen molar-refractivity contribution in [3.05, 3.63) is 47.6 Å². The van der Waals surface area contributed by atoms with E-state index in [9.17, 15) is 4.79 Å². The van der Waals surface area contributed by atoms with Crippen molar-refractivity contribution in [2.75, 3.05) is 10.6 Å². The van der Waals surface area contributed by atoms with Gasteiger partial charge in [0.15, 0.2) is 5.82 Å². The summed E-state index contributed by atoms with van der Waals surface area (Å²) in [5.41, 5.74) is 1.36. The first-order valence-electron chi connectivity index (χ1n) is 6.23. The normalized spacial score (nSPS) is 10.3. The van der Waals surface area contributed by atoms with Gasteiger partial charge in [0.05, 0.1) is 5.69 Å². The molecule has 2 N–H and O–H groups in total. The van der Waals surface area contributed by atoms with E-state index in [1.807, 2.05) is 35.7 Å². The molecule has 2 amide bonds. The Bertz CT molecular complexity index is 751. The van der Waals surface area contributed by atoms with Crippen LogP contribution in [0.5, 0.6) is 0 Å². The van der Waals surface area contributed by atoms with Gasteiger partial charge in [-0.25, -0.2) is 4.79 Å². The third kappa shape index (κ3) is 3.09. The largest absolute Gasteiger partial charge is 0.333 e. The van der Waals surface area contributed by atoms with Crippen LogP contribution >= 0.6 is 11.3 Å². The summed E-state index contributed by atoms with van der Waals surface area (Å²) in [6.07, 6.45) is 0. The summed E-state index contributed by atoms with van der Waals surface area (Å²) in [5.74, 6) is 0.954. The Labute approximate surface area is 124 Å².